The average molecular weight is 273 g/mol. The van der Waals surface area contributed by atoms with Gasteiger partial charge in [-0.25, -0.2) is 4.98 Å². The fourth-order valence-corrected chi connectivity index (χ4v) is 2.00. The van der Waals surface area contributed by atoms with Crippen molar-refractivity contribution in [2.75, 3.05) is 11.4 Å². The molecule has 20 heavy (non-hydrogen) atoms. The molecule has 0 fully saturated rings. The molecule has 0 aliphatic rings. The van der Waals surface area contributed by atoms with Gasteiger partial charge >= 0.3 is 0 Å². The van der Waals surface area contributed by atoms with Crippen LogP contribution in [0.3, 0.4) is 0 Å². The smallest absolute Gasteiger partial charge is 0.129 e. The first-order valence-corrected chi connectivity index (χ1v) is 7.15. The highest BCUT2D eigenvalue weighted by Gasteiger charge is 2.09. The Morgan fingerprint density at radius 2 is 2.10 bits per heavy atom. The summed E-state index contributed by atoms with van der Waals surface area (Å²) in [6.07, 6.45) is 1.71. The van der Waals surface area contributed by atoms with Crippen LogP contribution in [-0.4, -0.2) is 17.6 Å². The second kappa shape index (κ2) is 7.10. The first-order valence-electron chi connectivity index (χ1n) is 7.15. The van der Waals surface area contributed by atoms with Crippen LogP contribution in [0.2, 0.25) is 0 Å². The Balaban J connectivity index is 2.07. The van der Waals surface area contributed by atoms with Gasteiger partial charge in [0.1, 0.15) is 11.6 Å². The molecule has 0 aliphatic carbocycles. The number of hydrogen-bond acceptors (Lipinski definition) is 4. The van der Waals surface area contributed by atoms with E-state index >= 15 is 0 Å². The van der Waals surface area contributed by atoms with E-state index in [4.69, 9.17) is 9.40 Å². The van der Waals surface area contributed by atoms with Crippen LogP contribution < -0.4 is 10.2 Å². The second-order valence-electron chi connectivity index (χ2n) is 5.12. The van der Waals surface area contributed by atoms with Crippen LogP contribution in [0.1, 0.15) is 32.2 Å². The molecule has 0 aliphatic heterocycles. The molecule has 0 radical (unpaired) electrons. The number of rotatable bonds is 7. The minimum absolute atomic E-state index is 0.464. The Kier molecular flexibility index (Phi) is 5.18. The molecule has 0 amide bonds. The Bertz CT molecular complexity index is 508. The third-order valence-corrected chi connectivity index (χ3v) is 3.12. The molecule has 108 valence electrons. The Labute approximate surface area is 120 Å². The maximum Gasteiger partial charge on any atom is 0.129 e. The van der Waals surface area contributed by atoms with Gasteiger partial charge in [-0.15, -0.1) is 0 Å². The quantitative estimate of drug-likeness (QED) is 0.841. The molecule has 0 saturated heterocycles. The zero-order valence-corrected chi connectivity index (χ0v) is 12.5. The second-order valence-corrected chi connectivity index (χ2v) is 5.12. The highest BCUT2D eigenvalue weighted by Crippen LogP contribution is 2.15. The number of hydrogen-bond donors (Lipinski definition) is 1. The standard InChI is InChI=1S/C16H23N3O/c1-4-19(12-15-8-6-10-20-15)16-9-5-7-14(18-16)11-17-13(2)3/h5-10,13,17H,4,11-12H2,1-3H3. The molecule has 0 bridgehead atoms. The van der Waals surface area contributed by atoms with Crippen LogP contribution in [0.4, 0.5) is 5.82 Å². The van der Waals surface area contributed by atoms with Crippen LogP contribution >= 0.6 is 0 Å². The normalized spacial score (nSPS) is 11.0. The number of nitrogens with zero attached hydrogens (tertiary/aromatic N) is 2. The Morgan fingerprint density at radius 3 is 2.75 bits per heavy atom. The molecule has 4 heteroatoms. The van der Waals surface area contributed by atoms with Crippen molar-refractivity contribution in [3.63, 3.8) is 0 Å². The molecular weight excluding hydrogens is 250 g/mol. The minimum Gasteiger partial charge on any atom is -0.467 e. The largest absolute Gasteiger partial charge is 0.467 e. The summed E-state index contributed by atoms with van der Waals surface area (Å²) < 4.78 is 5.41. The van der Waals surface area contributed by atoms with Crippen LogP contribution in [0.25, 0.3) is 0 Å². The van der Waals surface area contributed by atoms with Crippen molar-refractivity contribution in [3.8, 4) is 0 Å². The van der Waals surface area contributed by atoms with Crippen molar-refractivity contribution in [2.45, 2.75) is 39.9 Å². The van der Waals surface area contributed by atoms with Crippen LogP contribution in [0, 0.1) is 0 Å². The number of pyridine rings is 1. The Morgan fingerprint density at radius 1 is 1.25 bits per heavy atom. The van der Waals surface area contributed by atoms with Crippen molar-refractivity contribution in [1.29, 1.82) is 0 Å². The van der Waals surface area contributed by atoms with Gasteiger partial charge in [-0.2, -0.15) is 0 Å². The Hall–Kier alpha value is -1.81. The summed E-state index contributed by atoms with van der Waals surface area (Å²) in [5, 5.41) is 3.39. The third kappa shape index (κ3) is 4.10. The van der Waals surface area contributed by atoms with E-state index in [0.717, 1.165) is 36.9 Å². The molecule has 2 aromatic heterocycles. The van der Waals surface area contributed by atoms with E-state index in [1.54, 1.807) is 6.26 Å². The maximum absolute atomic E-state index is 5.41. The van der Waals surface area contributed by atoms with E-state index in [9.17, 15) is 0 Å². The summed E-state index contributed by atoms with van der Waals surface area (Å²) in [6.45, 7) is 8.85. The SMILES string of the molecule is CCN(Cc1ccco1)c1cccc(CNC(C)C)n1. The van der Waals surface area contributed by atoms with E-state index in [0.29, 0.717) is 6.04 Å². The zero-order chi connectivity index (χ0) is 14.4. The van der Waals surface area contributed by atoms with Gasteiger partial charge in [0.15, 0.2) is 0 Å². The van der Waals surface area contributed by atoms with Crippen LogP contribution in [0.5, 0.6) is 0 Å². The van der Waals surface area contributed by atoms with E-state index < -0.39 is 0 Å². The third-order valence-electron chi connectivity index (χ3n) is 3.12. The van der Waals surface area contributed by atoms with Crippen molar-refractivity contribution in [3.05, 3.63) is 48.0 Å². The lowest BCUT2D eigenvalue weighted by atomic mass is 10.3. The number of furan rings is 1. The topological polar surface area (TPSA) is 41.3 Å². The van der Waals surface area contributed by atoms with Gasteiger partial charge < -0.3 is 14.6 Å². The molecule has 0 saturated carbocycles. The summed E-state index contributed by atoms with van der Waals surface area (Å²) in [5.74, 6) is 1.95. The first kappa shape index (κ1) is 14.6. The van der Waals surface area contributed by atoms with Gasteiger partial charge in [-0.1, -0.05) is 19.9 Å². The number of aromatic nitrogens is 1. The lowest BCUT2D eigenvalue weighted by molar-refractivity contribution is 0.502. The highest BCUT2D eigenvalue weighted by atomic mass is 16.3. The molecule has 1 N–H and O–H groups in total. The van der Waals surface area contributed by atoms with Gasteiger partial charge in [0.25, 0.3) is 0 Å². The van der Waals surface area contributed by atoms with E-state index in [1.807, 2.05) is 18.2 Å². The predicted molar refractivity (Wildman–Crippen MR) is 81.6 cm³/mol. The molecule has 2 heterocycles. The van der Waals surface area contributed by atoms with E-state index in [1.165, 1.54) is 0 Å². The van der Waals surface area contributed by atoms with Gasteiger partial charge in [-0.3, -0.25) is 0 Å². The molecule has 0 atom stereocenters. The summed E-state index contributed by atoms with van der Waals surface area (Å²) in [7, 11) is 0. The van der Waals surface area contributed by atoms with E-state index in [2.05, 4.69) is 43.1 Å². The molecule has 0 unspecified atom stereocenters. The van der Waals surface area contributed by atoms with Gasteiger partial charge in [0.2, 0.25) is 0 Å². The lowest BCUT2D eigenvalue weighted by Gasteiger charge is -2.21. The summed E-state index contributed by atoms with van der Waals surface area (Å²) in [4.78, 5) is 6.92. The molecule has 0 spiro atoms. The molecule has 0 aromatic carbocycles. The molecule has 2 rings (SSSR count). The summed E-state index contributed by atoms with van der Waals surface area (Å²) in [5.41, 5.74) is 1.06. The summed E-state index contributed by atoms with van der Waals surface area (Å²) in [6, 6.07) is 10.5. The highest BCUT2D eigenvalue weighted by molar-refractivity contribution is 5.39. The summed E-state index contributed by atoms with van der Waals surface area (Å²) >= 11 is 0. The average Bonchev–Trinajstić information content (AvgIpc) is 2.96. The van der Waals surface area contributed by atoms with Crippen molar-refractivity contribution in [1.82, 2.24) is 10.3 Å². The monoisotopic (exact) mass is 273 g/mol. The van der Waals surface area contributed by atoms with Crippen molar-refractivity contribution < 1.29 is 4.42 Å². The maximum atomic E-state index is 5.41. The van der Waals surface area contributed by atoms with Crippen LogP contribution in [0.15, 0.2) is 41.0 Å². The fraction of sp³-hybridized carbons (Fsp3) is 0.438. The van der Waals surface area contributed by atoms with Gasteiger partial charge in [-0.05, 0) is 31.2 Å². The van der Waals surface area contributed by atoms with Crippen molar-refractivity contribution in [2.24, 2.45) is 0 Å². The van der Waals surface area contributed by atoms with Crippen LogP contribution in [-0.2, 0) is 13.1 Å². The predicted octanol–water partition coefficient (Wildman–Crippen LogP) is 3.20. The number of nitrogens with one attached hydrogen (secondary N) is 1. The minimum atomic E-state index is 0.464. The lowest BCUT2D eigenvalue weighted by Crippen LogP contribution is -2.25. The first-order chi connectivity index (χ1) is 9.69. The molecule has 4 nitrogen and oxygen atoms in total. The van der Waals surface area contributed by atoms with E-state index in [-0.39, 0.29) is 0 Å². The van der Waals surface area contributed by atoms with Gasteiger partial charge in [0, 0.05) is 19.1 Å². The molecule has 2 aromatic rings. The molecular formula is C16H23N3O. The fourth-order valence-electron chi connectivity index (χ4n) is 2.00. The van der Waals surface area contributed by atoms with Gasteiger partial charge in [0.05, 0.1) is 18.5 Å². The number of anilines is 1. The van der Waals surface area contributed by atoms with Crippen molar-refractivity contribution >= 4 is 5.82 Å². The zero-order valence-electron chi connectivity index (χ0n) is 12.5.